The number of carbonyl (C=O) groups excluding carboxylic acids is 1. The average molecular weight is 405 g/mol. The van der Waals surface area contributed by atoms with Gasteiger partial charge < -0.3 is 20.1 Å². The van der Waals surface area contributed by atoms with Crippen LogP contribution in [0.4, 0.5) is 5.69 Å². The minimum Gasteiger partial charge on any atom is -0.486 e. The number of benzene rings is 1. The Hall–Kier alpha value is -1.48. The van der Waals surface area contributed by atoms with Crippen molar-refractivity contribution < 1.29 is 22.7 Å². The molecule has 9 heteroatoms. The van der Waals surface area contributed by atoms with Crippen molar-refractivity contribution in [1.82, 2.24) is 5.32 Å². The molecular weight excluding hydrogens is 388 g/mol. The summed E-state index contributed by atoms with van der Waals surface area (Å²) in [7, 11) is -3.00. The first-order valence-electron chi connectivity index (χ1n) is 7.26. The molecule has 2 aliphatic rings. The minimum absolute atomic E-state index is 0.0203. The van der Waals surface area contributed by atoms with Gasteiger partial charge in [-0.05, 0) is 22.4 Å². The van der Waals surface area contributed by atoms with Crippen LogP contribution in [0.1, 0.15) is 6.42 Å². The molecular formula is C14H17BrN2O5S. The van der Waals surface area contributed by atoms with E-state index in [0.717, 1.165) is 4.47 Å². The average Bonchev–Trinajstić information content (AvgIpc) is 2.84. The van der Waals surface area contributed by atoms with Gasteiger partial charge in [0.15, 0.2) is 21.3 Å². The molecule has 0 saturated carbocycles. The van der Waals surface area contributed by atoms with Gasteiger partial charge in [-0.25, -0.2) is 8.42 Å². The number of amides is 1. The maximum absolute atomic E-state index is 11.9. The van der Waals surface area contributed by atoms with Crippen molar-refractivity contribution in [3.8, 4) is 11.5 Å². The predicted octanol–water partition coefficient (Wildman–Crippen LogP) is 0.935. The molecule has 1 amide bonds. The van der Waals surface area contributed by atoms with Crippen molar-refractivity contribution in [3.63, 3.8) is 0 Å². The minimum atomic E-state index is -3.00. The molecule has 1 aromatic carbocycles. The largest absolute Gasteiger partial charge is 0.486 e. The summed E-state index contributed by atoms with van der Waals surface area (Å²) in [5.41, 5.74) is 0.712. The first-order valence-corrected chi connectivity index (χ1v) is 9.87. The number of hydrogen-bond acceptors (Lipinski definition) is 6. The monoisotopic (exact) mass is 404 g/mol. The Morgan fingerprint density at radius 3 is 2.61 bits per heavy atom. The van der Waals surface area contributed by atoms with E-state index < -0.39 is 9.84 Å². The molecule has 0 unspecified atom stereocenters. The predicted molar refractivity (Wildman–Crippen MR) is 88.8 cm³/mol. The van der Waals surface area contributed by atoms with E-state index in [0.29, 0.717) is 36.8 Å². The van der Waals surface area contributed by atoms with Gasteiger partial charge in [0.2, 0.25) is 5.91 Å². The highest BCUT2D eigenvalue weighted by molar-refractivity contribution is 9.10. The lowest BCUT2D eigenvalue weighted by Crippen LogP contribution is -2.39. The van der Waals surface area contributed by atoms with E-state index in [4.69, 9.17) is 9.47 Å². The van der Waals surface area contributed by atoms with Crippen molar-refractivity contribution in [2.75, 3.05) is 36.6 Å². The highest BCUT2D eigenvalue weighted by atomic mass is 79.9. The first kappa shape index (κ1) is 16.4. The molecule has 2 aliphatic heterocycles. The highest BCUT2D eigenvalue weighted by Gasteiger charge is 2.28. The molecule has 1 fully saturated rings. The van der Waals surface area contributed by atoms with Crippen LogP contribution in [0.25, 0.3) is 0 Å². The molecule has 126 valence electrons. The summed E-state index contributed by atoms with van der Waals surface area (Å²) >= 11 is 3.42. The van der Waals surface area contributed by atoms with Crippen LogP contribution in [-0.4, -0.2) is 51.6 Å². The van der Waals surface area contributed by atoms with Gasteiger partial charge in [0.25, 0.3) is 0 Å². The van der Waals surface area contributed by atoms with E-state index in [1.54, 1.807) is 12.1 Å². The smallest absolute Gasteiger partial charge is 0.239 e. The Balaban J connectivity index is 1.57. The first-order chi connectivity index (χ1) is 10.9. The summed E-state index contributed by atoms with van der Waals surface area (Å²) < 4.78 is 34.5. The highest BCUT2D eigenvalue weighted by Crippen LogP contribution is 2.37. The number of ether oxygens (including phenoxy) is 2. The topological polar surface area (TPSA) is 93.7 Å². The number of fused-ring (bicyclic) bond motifs is 1. The third-order valence-corrected chi connectivity index (χ3v) is 6.09. The van der Waals surface area contributed by atoms with Crippen LogP contribution in [-0.2, 0) is 14.6 Å². The molecule has 0 radical (unpaired) electrons. The maximum Gasteiger partial charge on any atom is 0.239 e. The zero-order valence-corrected chi connectivity index (χ0v) is 14.7. The Bertz CT molecular complexity index is 722. The summed E-state index contributed by atoms with van der Waals surface area (Å²) in [6, 6.07) is 3.27. The Labute approximate surface area is 142 Å². The fourth-order valence-electron chi connectivity index (χ4n) is 2.56. The fraction of sp³-hybridized carbons (Fsp3) is 0.500. The Morgan fingerprint density at radius 2 is 1.96 bits per heavy atom. The molecule has 2 heterocycles. The van der Waals surface area contributed by atoms with Gasteiger partial charge >= 0.3 is 0 Å². The van der Waals surface area contributed by atoms with E-state index >= 15 is 0 Å². The third-order valence-electron chi connectivity index (χ3n) is 3.67. The molecule has 1 aromatic rings. The third kappa shape index (κ3) is 4.08. The lowest BCUT2D eigenvalue weighted by Gasteiger charge is -2.20. The van der Waals surface area contributed by atoms with E-state index in [2.05, 4.69) is 26.6 Å². The van der Waals surface area contributed by atoms with Gasteiger partial charge in [-0.1, -0.05) is 0 Å². The molecule has 1 saturated heterocycles. The number of anilines is 1. The van der Waals surface area contributed by atoms with Crippen LogP contribution in [0.15, 0.2) is 16.6 Å². The molecule has 1 atom stereocenters. The van der Waals surface area contributed by atoms with Crippen LogP contribution in [0.5, 0.6) is 11.5 Å². The zero-order chi connectivity index (χ0) is 16.4. The molecule has 0 spiro atoms. The number of carbonyl (C=O) groups is 1. The van der Waals surface area contributed by atoms with Crippen molar-refractivity contribution >= 4 is 37.4 Å². The van der Waals surface area contributed by atoms with Crippen LogP contribution in [0, 0.1) is 0 Å². The van der Waals surface area contributed by atoms with E-state index in [1.807, 2.05) is 0 Å². The number of nitrogens with one attached hydrogen (secondary N) is 2. The number of halogens is 1. The second-order valence-electron chi connectivity index (χ2n) is 5.50. The van der Waals surface area contributed by atoms with Gasteiger partial charge in [-0.15, -0.1) is 0 Å². The van der Waals surface area contributed by atoms with Gasteiger partial charge in [0.1, 0.15) is 13.2 Å². The second kappa shape index (κ2) is 6.56. The summed E-state index contributed by atoms with van der Waals surface area (Å²) in [5.74, 6) is 1.21. The van der Waals surface area contributed by atoms with Gasteiger partial charge in [-0.3, -0.25) is 4.79 Å². The number of hydrogen-bond donors (Lipinski definition) is 2. The van der Waals surface area contributed by atoms with Crippen molar-refractivity contribution in [2.45, 2.75) is 12.5 Å². The zero-order valence-electron chi connectivity index (χ0n) is 12.3. The molecule has 7 nitrogen and oxygen atoms in total. The van der Waals surface area contributed by atoms with Crippen LogP contribution >= 0.6 is 15.9 Å². The fourth-order valence-corrected chi connectivity index (χ4v) is 4.70. The van der Waals surface area contributed by atoms with Crippen LogP contribution < -0.4 is 20.1 Å². The van der Waals surface area contributed by atoms with Crippen molar-refractivity contribution in [1.29, 1.82) is 0 Å². The summed E-state index contributed by atoms with van der Waals surface area (Å²) in [6.07, 6.45) is 0.474. The number of sulfone groups is 1. The molecule has 0 bridgehead atoms. The van der Waals surface area contributed by atoms with Gasteiger partial charge in [-0.2, -0.15) is 0 Å². The Morgan fingerprint density at radius 1 is 1.26 bits per heavy atom. The normalized spacial score (nSPS) is 21.7. The quantitative estimate of drug-likeness (QED) is 0.775. The lowest BCUT2D eigenvalue weighted by atomic mass is 10.2. The standard InChI is InChI=1S/C14H17BrN2O5S/c15-10-5-12-13(22-3-2-21-12)6-11(10)16-7-14(18)17-9-1-4-23(19,20)8-9/h5-6,9,16H,1-4,7-8H2,(H,17,18)/t9-/m1/s1. The second-order valence-corrected chi connectivity index (χ2v) is 8.58. The van der Waals surface area contributed by atoms with Crippen molar-refractivity contribution in [2.24, 2.45) is 0 Å². The summed E-state index contributed by atoms with van der Waals surface area (Å²) in [5, 5.41) is 5.75. The van der Waals surface area contributed by atoms with Crippen molar-refractivity contribution in [3.05, 3.63) is 16.6 Å². The van der Waals surface area contributed by atoms with E-state index in [-0.39, 0.29) is 30.0 Å². The molecule has 23 heavy (non-hydrogen) atoms. The van der Waals surface area contributed by atoms with E-state index in [9.17, 15) is 13.2 Å². The molecule has 2 N–H and O–H groups in total. The summed E-state index contributed by atoms with van der Waals surface area (Å²) in [4.78, 5) is 11.9. The SMILES string of the molecule is O=C(CNc1cc2c(cc1Br)OCCO2)N[C@@H]1CCS(=O)(=O)C1. The summed E-state index contributed by atoms with van der Waals surface area (Å²) in [6.45, 7) is 1.05. The van der Waals surface area contributed by atoms with E-state index in [1.165, 1.54) is 0 Å². The number of rotatable bonds is 4. The maximum atomic E-state index is 11.9. The molecule has 3 rings (SSSR count). The van der Waals surface area contributed by atoms with Gasteiger partial charge in [0.05, 0.1) is 23.7 Å². The molecule has 0 aliphatic carbocycles. The lowest BCUT2D eigenvalue weighted by molar-refractivity contribution is -0.119. The van der Waals surface area contributed by atoms with Crippen LogP contribution in [0.3, 0.4) is 0 Å². The molecule has 0 aromatic heterocycles. The van der Waals surface area contributed by atoms with Gasteiger partial charge in [0, 0.05) is 22.6 Å². The Kier molecular flexibility index (Phi) is 4.67. The van der Waals surface area contributed by atoms with Crippen LogP contribution in [0.2, 0.25) is 0 Å².